The van der Waals surface area contributed by atoms with E-state index in [0.717, 1.165) is 36.4 Å². The fourth-order valence-electron chi connectivity index (χ4n) is 2.92. The van der Waals surface area contributed by atoms with Crippen LogP contribution in [-0.2, 0) is 11.2 Å². The fourth-order valence-corrected chi connectivity index (χ4v) is 2.92. The Hall–Kier alpha value is -2.24. The van der Waals surface area contributed by atoms with Gasteiger partial charge in [-0.05, 0) is 51.3 Å². The zero-order valence-corrected chi connectivity index (χ0v) is 14.2. The normalized spacial score (nSPS) is 16.7. The maximum atomic E-state index is 12.5. The molecule has 3 rings (SSSR count). The van der Waals surface area contributed by atoms with E-state index in [1.165, 1.54) is 5.56 Å². The van der Waals surface area contributed by atoms with Gasteiger partial charge in [-0.15, -0.1) is 0 Å². The van der Waals surface area contributed by atoms with E-state index in [9.17, 15) is 4.79 Å². The average molecular weight is 316 g/mol. The van der Waals surface area contributed by atoms with E-state index in [4.69, 9.17) is 4.74 Å². The molecular weight excluding hydrogens is 292 g/mol. The van der Waals surface area contributed by atoms with Gasteiger partial charge in [0.05, 0.1) is 24.5 Å². The summed E-state index contributed by atoms with van der Waals surface area (Å²) in [5, 5.41) is 1.96. The Morgan fingerprint density at radius 2 is 2.09 bits per heavy atom. The summed E-state index contributed by atoms with van der Waals surface area (Å²) in [5.41, 5.74) is 7.08. The third-order valence-electron chi connectivity index (χ3n) is 3.96. The fraction of sp³-hybridized carbons (Fsp3) is 0.529. The van der Waals surface area contributed by atoms with Crippen LogP contribution in [0.5, 0.6) is 0 Å². The number of rotatable bonds is 2. The summed E-state index contributed by atoms with van der Waals surface area (Å²) in [6, 6.07) is 4.15. The van der Waals surface area contributed by atoms with Crippen LogP contribution in [-0.4, -0.2) is 42.7 Å². The van der Waals surface area contributed by atoms with Crippen LogP contribution in [0.4, 0.5) is 16.2 Å². The van der Waals surface area contributed by atoms with Crippen LogP contribution in [0.15, 0.2) is 17.1 Å². The van der Waals surface area contributed by atoms with Crippen molar-refractivity contribution < 1.29 is 9.53 Å². The third kappa shape index (κ3) is 3.25. The van der Waals surface area contributed by atoms with Gasteiger partial charge in [-0.1, -0.05) is 6.07 Å². The predicted molar refractivity (Wildman–Crippen MR) is 92.2 cm³/mol. The highest BCUT2D eigenvalue weighted by Crippen LogP contribution is 2.36. The second-order valence-electron chi connectivity index (χ2n) is 6.95. The first-order chi connectivity index (χ1) is 10.8. The molecular formula is C17H24N4O2. The molecule has 1 N–H and O–H groups in total. The van der Waals surface area contributed by atoms with Gasteiger partial charge in [0, 0.05) is 6.54 Å². The van der Waals surface area contributed by atoms with Gasteiger partial charge in [0.15, 0.2) is 0 Å². The van der Waals surface area contributed by atoms with Crippen LogP contribution in [0.25, 0.3) is 0 Å². The molecule has 0 bridgehead atoms. The molecule has 0 unspecified atom stereocenters. The Morgan fingerprint density at radius 1 is 1.30 bits per heavy atom. The Morgan fingerprint density at radius 3 is 2.74 bits per heavy atom. The number of amides is 1. The third-order valence-corrected chi connectivity index (χ3v) is 3.96. The first-order valence-corrected chi connectivity index (χ1v) is 8.01. The molecule has 6 heteroatoms. The molecule has 1 amide bonds. The lowest BCUT2D eigenvalue weighted by atomic mass is 10.1. The number of anilines is 2. The second-order valence-corrected chi connectivity index (χ2v) is 6.95. The van der Waals surface area contributed by atoms with Crippen molar-refractivity contribution in [2.24, 2.45) is 4.99 Å². The van der Waals surface area contributed by atoms with Crippen molar-refractivity contribution in [3.63, 3.8) is 0 Å². The van der Waals surface area contributed by atoms with Crippen molar-refractivity contribution in [1.82, 2.24) is 5.01 Å². The minimum atomic E-state index is -0.490. The second kappa shape index (κ2) is 5.76. The van der Waals surface area contributed by atoms with Gasteiger partial charge in [-0.3, -0.25) is 20.3 Å². The van der Waals surface area contributed by atoms with Gasteiger partial charge in [-0.25, -0.2) is 4.79 Å². The van der Waals surface area contributed by atoms with Gasteiger partial charge in [0.2, 0.25) is 0 Å². The van der Waals surface area contributed by atoms with E-state index < -0.39 is 5.60 Å². The summed E-state index contributed by atoms with van der Waals surface area (Å²) in [5.74, 6) is 0. The maximum absolute atomic E-state index is 12.5. The highest BCUT2D eigenvalue weighted by Gasteiger charge is 2.31. The van der Waals surface area contributed by atoms with E-state index in [0.29, 0.717) is 6.54 Å². The molecule has 0 aliphatic carbocycles. The van der Waals surface area contributed by atoms with Crippen LogP contribution in [0.2, 0.25) is 0 Å². The van der Waals surface area contributed by atoms with Gasteiger partial charge in [-0.2, -0.15) is 0 Å². The molecule has 2 aliphatic heterocycles. The molecule has 2 aliphatic rings. The number of carbonyl (C=O) groups is 1. The summed E-state index contributed by atoms with van der Waals surface area (Å²) < 4.78 is 5.54. The minimum Gasteiger partial charge on any atom is -0.443 e. The van der Waals surface area contributed by atoms with Crippen molar-refractivity contribution in [2.45, 2.75) is 39.7 Å². The van der Waals surface area contributed by atoms with E-state index >= 15 is 0 Å². The van der Waals surface area contributed by atoms with Crippen LogP contribution in [0.1, 0.15) is 31.9 Å². The summed E-state index contributed by atoms with van der Waals surface area (Å²) in [6.07, 6.45) is 2.39. The molecule has 23 heavy (non-hydrogen) atoms. The first-order valence-electron chi connectivity index (χ1n) is 8.01. The molecule has 1 aromatic carbocycles. The standard InChI is InChI=1S/C17H24N4O2/c1-12-14(19-20-10-8-18-11-20)6-5-13-7-9-21(15(12)13)16(22)23-17(2,3)4/h5-6,11,19H,7-10H2,1-4H3. The minimum absolute atomic E-state index is 0.278. The maximum Gasteiger partial charge on any atom is 0.414 e. The Labute approximate surface area is 137 Å². The van der Waals surface area contributed by atoms with Gasteiger partial charge < -0.3 is 4.74 Å². The number of aliphatic imine (C=N–C) groups is 1. The largest absolute Gasteiger partial charge is 0.443 e. The molecule has 0 saturated heterocycles. The van der Waals surface area contributed by atoms with Gasteiger partial charge in [0.25, 0.3) is 0 Å². The predicted octanol–water partition coefficient (Wildman–Crippen LogP) is 2.96. The summed E-state index contributed by atoms with van der Waals surface area (Å²) >= 11 is 0. The Kier molecular flexibility index (Phi) is 3.92. The summed E-state index contributed by atoms with van der Waals surface area (Å²) in [4.78, 5) is 18.4. The molecule has 0 fully saturated rings. The molecule has 2 heterocycles. The van der Waals surface area contributed by atoms with Crippen molar-refractivity contribution in [1.29, 1.82) is 0 Å². The number of hydrogen-bond donors (Lipinski definition) is 1. The van der Waals surface area contributed by atoms with E-state index in [1.807, 2.05) is 32.7 Å². The lowest BCUT2D eigenvalue weighted by molar-refractivity contribution is 0.0584. The summed E-state index contributed by atoms with van der Waals surface area (Å²) in [6.45, 7) is 10.0. The zero-order valence-electron chi connectivity index (χ0n) is 14.2. The lowest BCUT2D eigenvalue weighted by Gasteiger charge is -2.27. The molecule has 0 radical (unpaired) electrons. The average Bonchev–Trinajstić information content (AvgIpc) is 3.09. The van der Waals surface area contributed by atoms with Crippen LogP contribution < -0.4 is 10.3 Å². The quantitative estimate of drug-likeness (QED) is 0.911. The molecule has 0 aromatic heterocycles. The first kappa shape index (κ1) is 15.6. The Bertz CT molecular complexity index is 649. The monoisotopic (exact) mass is 316 g/mol. The molecule has 1 aromatic rings. The van der Waals surface area contributed by atoms with E-state index in [-0.39, 0.29) is 6.09 Å². The summed E-state index contributed by atoms with van der Waals surface area (Å²) in [7, 11) is 0. The van der Waals surface area contributed by atoms with Crippen LogP contribution in [0.3, 0.4) is 0 Å². The number of ether oxygens (including phenoxy) is 1. The van der Waals surface area contributed by atoms with Gasteiger partial charge >= 0.3 is 6.09 Å². The number of carbonyl (C=O) groups excluding carboxylic acids is 1. The van der Waals surface area contributed by atoms with Crippen LogP contribution in [0, 0.1) is 6.92 Å². The van der Waals surface area contributed by atoms with Crippen molar-refractivity contribution in [3.8, 4) is 0 Å². The number of nitrogens with zero attached hydrogens (tertiary/aromatic N) is 3. The highest BCUT2D eigenvalue weighted by molar-refractivity contribution is 5.93. The zero-order chi connectivity index (χ0) is 16.6. The van der Waals surface area contributed by atoms with Crippen LogP contribution >= 0.6 is 0 Å². The Balaban J connectivity index is 1.85. The topological polar surface area (TPSA) is 57.2 Å². The van der Waals surface area contributed by atoms with Crippen molar-refractivity contribution >= 4 is 23.8 Å². The lowest BCUT2D eigenvalue weighted by Crippen LogP contribution is -2.36. The SMILES string of the molecule is Cc1c(NN2C=NCC2)ccc2c1N(C(=O)OC(C)(C)C)CC2. The highest BCUT2D eigenvalue weighted by atomic mass is 16.6. The molecule has 0 saturated carbocycles. The number of hydrazine groups is 1. The number of nitrogens with one attached hydrogen (secondary N) is 1. The molecule has 6 nitrogen and oxygen atoms in total. The number of benzene rings is 1. The van der Waals surface area contributed by atoms with Crippen molar-refractivity contribution in [2.75, 3.05) is 30.0 Å². The van der Waals surface area contributed by atoms with Crippen molar-refractivity contribution in [3.05, 3.63) is 23.3 Å². The molecule has 0 atom stereocenters. The van der Waals surface area contributed by atoms with E-state index in [1.54, 1.807) is 11.2 Å². The number of hydrogen-bond acceptors (Lipinski definition) is 5. The number of fused-ring (bicyclic) bond motifs is 1. The molecule has 0 spiro atoms. The smallest absolute Gasteiger partial charge is 0.414 e. The van der Waals surface area contributed by atoms with E-state index in [2.05, 4.69) is 22.6 Å². The molecule has 124 valence electrons. The van der Waals surface area contributed by atoms with Gasteiger partial charge in [0.1, 0.15) is 11.9 Å².